The minimum absolute atomic E-state index is 0.0817. The molecule has 2 aliphatic heterocycles. The summed E-state index contributed by atoms with van der Waals surface area (Å²) in [6, 6.07) is -0.739. The van der Waals surface area contributed by atoms with Gasteiger partial charge in [0.05, 0.1) is 30.9 Å². The first kappa shape index (κ1) is 27.6. The molecule has 1 amide bonds. The number of carbonyl (C=O) groups excluding carboxylic acids is 1. The number of aromatic nitrogens is 4. The number of ether oxygens (including phenoxy) is 1. The van der Waals surface area contributed by atoms with Gasteiger partial charge in [0, 0.05) is 38.1 Å². The molecule has 38 heavy (non-hydrogen) atoms. The van der Waals surface area contributed by atoms with Crippen LogP contribution in [0, 0.1) is 0 Å². The average molecular weight is 549 g/mol. The van der Waals surface area contributed by atoms with Crippen molar-refractivity contribution in [1.29, 1.82) is 0 Å². The van der Waals surface area contributed by atoms with Crippen LogP contribution < -0.4 is 15.8 Å². The molecule has 2 saturated heterocycles. The van der Waals surface area contributed by atoms with Crippen LogP contribution in [0.1, 0.15) is 37.4 Å². The average Bonchev–Trinajstić information content (AvgIpc) is 3.21. The Balaban J connectivity index is 1.27. The second-order valence-electron chi connectivity index (χ2n) is 9.15. The van der Waals surface area contributed by atoms with Gasteiger partial charge in [-0.2, -0.15) is 31.4 Å². The minimum Gasteiger partial charge on any atom is -0.378 e. The number of piperidine rings is 1. The molecule has 10 nitrogen and oxygen atoms in total. The summed E-state index contributed by atoms with van der Waals surface area (Å²) in [4.78, 5) is 35.3. The summed E-state index contributed by atoms with van der Waals surface area (Å²) in [7, 11) is 0. The Bertz CT molecular complexity index is 1180. The summed E-state index contributed by atoms with van der Waals surface area (Å²) in [5, 5.41) is 7.74. The van der Waals surface area contributed by atoms with Crippen molar-refractivity contribution in [3.63, 3.8) is 0 Å². The lowest BCUT2D eigenvalue weighted by Crippen LogP contribution is -2.47. The third kappa shape index (κ3) is 6.16. The van der Waals surface area contributed by atoms with Gasteiger partial charge >= 0.3 is 12.4 Å². The van der Waals surface area contributed by atoms with Crippen molar-refractivity contribution >= 4 is 17.4 Å². The van der Waals surface area contributed by atoms with Gasteiger partial charge in [-0.1, -0.05) is 0 Å². The van der Waals surface area contributed by atoms with Crippen LogP contribution in [-0.4, -0.2) is 75.4 Å². The Kier molecular flexibility index (Phi) is 7.80. The van der Waals surface area contributed by atoms with E-state index in [1.807, 2.05) is 4.90 Å². The second kappa shape index (κ2) is 10.7. The first-order chi connectivity index (χ1) is 17.8. The van der Waals surface area contributed by atoms with Crippen LogP contribution in [0.5, 0.6) is 0 Å². The maximum absolute atomic E-state index is 13.2. The van der Waals surface area contributed by atoms with Crippen LogP contribution in [0.4, 0.5) is 37.8 Å². The highest BCUT2D eigenvalue weighted by molar-refractivity contribution is 5.83. The molecule has 4 rings (SSSR count). The quantitative estimate of drug-likeness (QED) is 0.507. The van der Waals surface area contributed by atoms with E-state index in [1.165, 1.54) is 0 Å². The molecule has 0 spiro atoms. The van der Waals surface area contributed by atoms with Gasteiger partial charge in [0.2, 0.25) is 0 Å². The fourth-order valence-corrected chi connectivity index (χ4v) is 4.59. The zero-order valence-corrected chi connectivity index (χ0v) is 20.1. The lowest BCUT2D eigenvalue weighted by atomic mass is 10.0. The zero-order valence-electron chi connectivity index (χ0n) is 20.1. The molecular weight excluding hydrogens is 524 g/mol. The number of H-pyrrole nitrogens is 1. The number of alkyl halides is 6. The number of amides is 1. The summed E-state index contributed by atoms with van der Waals surface area (Å²) in [5.74, 6) is 0.106. The first-order valence-corrected chi connectivity index (χ1v) is 11.8. The summed E-state index contributed by atoms with van der Waals surface area (Å²) in [5.41, 5.74) is -4.31. The molecule has 0 radical (unpaired) electrons. The molecule has 0 unspecified atom stereocenters. The highest BCUT2D eigenvalue weighted by Crippen LogP contribution is 2.32. The number of aromatic amines is 1. The van der Waals surface area contributed by atoms with Crippen molar-refractivity contribution < 1.29 is 35.9 Å². The van der Waals surface area contributed by atoms with Crippen LogP contribution in [-0.2, 0) is 21.9 Å². The highest BCUT2D eigenvalue weighted by Gasteiger charge is 2.40. The molecule has 0 bridgehead atoms. The van der Waals surface area contributed by atoms with Gasteiger partial charge in [0.25, 0.3) is 11.5 Å². The predicted octanol–water partition coefficient (Wildman–Crippen LogP) is 2.68. The minimum atomic E-state index is -4.88. The number of nitrogens with one attached hydrogen (secondary N) is 2. The Morgan fingerprint density at radius 2 is 1.74 bits per heavy atom. The van der Waals surface area contributed by atoms with Crippen LogP contribution >= 0.6 is 0 Å². The molecule has 0 saturated carbocycles. The number of carbonyl (C=O) groups is 1. The van der Waals surface area contributed by atoms with E-state index in [9.17, 15) is 35.9 Å². The molecule has 2 N–H and O–H groups in total. The molecular formula is C22H25F6N7O3. The van der Waals surface area contributed by atoms with Crippen LogP contribution in [0.25, 0.3) is 0 Å². The van der Waals surface area contributed by atoms with Crippen molar-refractivity contribution in [2.24, 2.45) is 0 Å². The van der Waals surface area contributed by atoms with Crippen molar-refractivity contribution in [1.82, 2.24) is 25.1 Å². The van der Waals surface area contributed by atoms with Crippen molar-refractivity contribution in [3.05, 3.63) is 40.2 Å². The normalized spacial score (nSPS) is 20.2. The Labute approximate surface area is 212 Å². The molecule has 2 fully saturated rings. The van der Waals surface area contributed by atoms with E-state index < -0.39 is 47.0 Å². The first-order valence-electron chi connectivity index (χ1n) is 11.8. The number of hydrogen-bond donors (Lipinski definition) is 2. The van der Waals surface area contributed by atoms with Crippen molar-refractivity contribution in [2.45, 2.75) is 56.7 Å². The molecule has 4 heterocycles. The molecule has 0 aliphatic carbocycles. The maximum Gasteiger partial charge on any atom is 0.434 e. The zero-order chi connectivity index (χ0) is 27.7. The van der Waals surface area contributed by atoms with E-state index in [0.29, 0.717) is 50.9 Å². The molecule has 2 aromatic rings. The van der Waals surface area contributed by atoms with Gasteiger partial charge in [-0.3, -0.25) is 9.59 Å². The van der Waals surface area contributed by atoms with Crippen molar-refractivity contribution in [3.8, 4) is 0 Å². The summed E-state index contributed by atoms with van der Waals surface area (Å²) >= 11 is 0. The number of anilines is 2. The summed E-state index contributed by atoms with van der Waals surface area (Å²) in [6.07, 6.45) is -5.98. The van der Waals surface area contributed by atoms with E-state index in [2.05, 4.69) is 20.4 Å². The van der Waals surface area contributed by atoms with E-state index >= 15 is 0 Å². The molecule has 208 valence electrons. The van der Waals surface area contributed by atoms with Crippen molar-refractivity contribution in [2.75, 3.05) is 36.5 Å². The van der Waals surface area contributed by atoms with Gasteiger partial charge in [-0.05, 0) is 19.8 Å². The fourth-order valence-electron chi connectivity index (χ4n) is 4.59. The SMILES string of the molecule is C[C@@H](CO[C@H]1CCN(C2CCN(c3cnc(C(F)(F)F)cn3)CC2)C1=O)Nc1cn[nH]c(=O)c1C(F)(F)F. The lowest BCUT2D eigenvalue weighted by molar-refractivity contribution is -0.141. The van der Waals surface area contributed by atoms with Gasteiger partial charge in [0.1, 0.15) is 17.5 Å². The maximum atomic E-state index is 13.2. The Morgan fingerprint density at radius 1 is 1.03 bits per heavy atom. The number of halogens is 6. The smallest absolute Gasteiger partial charge is 0.378 e. The van der Waals surface area contributed by atoms with Crippen LogP contribution in [0.3, 0.4) is 0 Å². The fraction of sp³-hybridized carbons (Fsp3) is 0.591. The molecule has 2 aromatic heterocycles. The second-order valence-corrected chi connectivity index (χ2v) is 9.15. The molecule has 2 aliphatic rings. The van der Waals surface area contributed by atoms with E-state index in [1.54, 1.807) is 16.9 Å². The van der Waals surface area contributed by atoms with Gasteiger partial charge in [0.15, 0.2) is 5.69 Å². The number of nitrogens with zero attached hydrogens (tertiary/aromatic N) is 5. The molecule has 2 atom stereocenters. The standard InChI is InChI=1S/C22H25F6N7O3/c1-12(32-14-8-31-33-19(36)18(14)22(26,27)28)11-38-15-4-7-35(20(15)37)13-2-5-34(6-3-13)17-10-29-16(9-30-17)21(23,24)25/h8-10,12-13,15H,2-7,11H2,1H3,(H2,32,33,36)/t12-,15-/m0/s1. The monoisotopic (exact) mass is 549 g/mol. The van der Waals surface area contributed by atoms with Crippen LogP contribution in [0.15, 0.2) is 23.4 Å². The number of rotatable bonds is 7. The predicted molar refractivity (Wildman–Crippen MR) is 121 cm³/mol. The largest absolute Gasteiger partial charge is 0.434 e. The number of hydrogen-bond acceptors (Lipinski definition) is 8. The third-order valence-electron chi connectivity index (χ3n) is 6.44. The van der Waals surface area contributed by atoms with Crippen LogP contribution in [0.2, 0.25) is 0 Å². The molecule has 16 heteroatoms. The Morgan fingerprint density at radius 3 is 2.34 bits per heavy atom. The van der Waals surface area contributed by atoms with Gasteiger partial charge in [-0.25, -0.2) is 15.1 Å². The topological polar surface area (TPSA) is 116 Å². The van der Waals surface area contributed by atoms with Gasteiger partial charge in [-0.15, -0.1) is 0 Å². The summed E-state index contributed by atoms with van der Waals surface area (Å²) < 4.78 is 83.5. The number of likely N-dealkylation sites (tertiary alicyclic amines) is 1. The highest BCUT2D eigenvalue weighted by atomic mass is 19.4. The third-order valence-corrected chi connectivity index (χ3v) is 6.44. The van der Waals surface area contributed by atoms with E-state index in [0.717, 1.165) is 12.4 Å². The van der Waals surface area contributed by atoms with E-state index in [-0.39, 0.29) is 18.6 Å². The lowest BCUT2D eigenvalue weighted by Gasteiger charge is -2.37. The molecule has 0 aromatic carbocycles. The van der Waals surface area contributed by atoms with Gasteiger partial charge < -0.3 is 19.9 Å². The summed E-state index contributed by atoms with van der Waals surface area (Å²) in [6.45, 7) is 2.88. The Hall–Kier alpha value is -3.43. The van der Waals surface area contributed by atoms with E-state index in [4.69, 9.17) is 4.74 Å².